The fourth-order valence-electron chi connectivity index (χ4n) is 2.37. The Morgan fingerprint density at radius 2 is 2.12 bits per heavy atom. The summed E-state index contributed by atoms with van der Waals surface area (Å²) in [6.07, 6.45) is 4.66. The molecule has 0 bridgehead atoms. The summed E-state index contributed by atoms with van der Waals surface area (Å²) in [5.74, 6) is 0.338. The Kier molecular flexibility index (Phi) is 4.37. The molecule has 2 rings (SSSR count). The number of aliphatic hydroxyl groups excluding tert-OH is 1. The average molecular weight is 220 g/mol. The van der Waals surface area contributed by atoms with Gasteiger partial charge in [-0.1, -0.05) is 30.3 Å². The molecule has 1 N–H and O–H groups in total. The Balaban J connectivity index is 1.85. The molecule has 0 saturated carbocycles. The summed E-state index contributed by atoms with van der Waals surface area (Å²) in [6, 6.07) is 10.4. The summed E-state index contributed by atoms with van der Waals surface area (Å²) in [6.45, 7) is 1.16. The van der Waals surface area contributed by atoms with Crippen LogP contribution in [0.2, 0.25) is 0 Å². The number of rotatable bonds is 5. The van der Waals surface area contributed by atoms with Crippen molar-refractivity contribution >= 4 is 0 Å². The van der Waals surface area contributed by atoms with Gasteiger partial charge in [-0.3, -0.25) is 0 Å². The second-order valence-electron chi connectivity index (χ2n) is 4.61. The van der Waals surface area contributed by atoms with Gasteiger partial charge in [-0.05, 0) is 37.2 Å². The highest BCUT2D eigenvalue weighted by Gasteiger charge is 2.20. The van der Waals surface area contributed by atoms with Gasteiger partial charge in [0.1, 0.15) is 0 Å². The fraction of sp³-hybridized carbons (Fsp3) is 0.571. The first kappa shape index (κ1) is 11.6. The van der Waals surface area contributed by atoms with Crippen molar-refractivity contribution in [3.63, 3.8) is 0 Å². The maximum Gasteiger partial charge on any atom is 0.0579 e. The van der Waals surface area contributed by atoms with E-state index in [2.05, 4.69) is 24.3 Å². The molecule has 1 heterocycles. The van der Waals surface area contributed by atoms with Crippen molar-refractivity contribution < 1.29 is 9.84 Å². The predicted octanol–water partition coefficient (Wildman–Crippen LogP) is 2.41. The van der Waals surface area contributed by atoms with Crippen molar-refractivity contribution in [3.8, 4) is 0 Å². The largest absolute Gasteiger partial charge is 0.396 e. The van der Waals surface area contributed by atoms with E-state index in [0.717, 1.165) is 25.9 Å². The van der Waals surface area contributed by atoms with Crippen molar-refractivity contribution in [1.82, 2.24) is 0 Å². The fourth-order valence-corrected chi connectivity index (χ4v) is 2.37. The van der Waals surface area contributed by atoms with E-state index in [0.29, 0.717) is 12.0 Å². The molecule has 88 valence electrons. The average Bonchev–Trinajstić information content (AvgIpc) is 2.82. The van der Waals surface area contributed by atoms with Crippen LogP contribution in [0, 0.1) is 5.92 Å². The third-order valence-corrected chi connectivity index (χ3v) is 3.25. The molecule has 0 amide bonds. The van der Waals surface area contributed by atoms with Crippen LogP contribution in [0.4, 0.5) is 0 Å². The lowest BCUT2D eigenvalue weighted by molar-refractivity contribution is 0.0766. The highest BCUT2D eigenvalue weighted by Crippen LogP contribution is 2.22. The van der Waals surface area contributed by atoms with Crippen LogP contribution < -0.4 is 0 Å². The highest BCUT2D eigenvalue weighted by atomic mass is 16.5. The normalized spacial score (nSPS) is 22.2. The standard InChI is InChI=1S/C14H20O2/c15-11-13(10-14-7-4-8-16-14)9-12-5-2-1-3-6-12/h1-3,5-6,13-15H,4,7-11H2. The SMILES string of the molecule is OCC(Cc1ccccc1)CC1CCCO1. The maximum atomic E-state index is 9.39. The minimum Gasteiger partial charge on any atom is -0.396 e. The van der Waals surface area contributed by atoms with Crippen molar-refractivity contribution in [2.75, 3.05) is 13.2 Å². The van der Waals surface area contributed by atoms with Gasteiger partial charge in [0.2, 0.25) is 0 Å². The van der Waals surface area contributed by atoms with Crippen molar-refractivity contribution in [2.45, 2.75) is 31.8 Å². The highest BCUT2D eigenvalue weighted by molar-refractivity contribution is 5.15. The van der Waals surface area contributed by atoms with Crippen LogP contribution in [-0.2, 0) is 11.2 Å². The van der Waals surface area contributed by atoms with Gasteiger partial charge in [0, 0.05) is 13.2 Å². The quantitative estimate of drug-likeness (QED) is 0.825. The molecule has 1 saturated heterocycles. The molecule has 0 spiro atoms. The van der Waals surface area contributed by atoms with Crippen LogP contribution in [0.5, 0.6) is 0 Å². The number of hydrogen-bond acceptors (Lipinski definition) is 2. The lowest BCUT2D eigenvalue weighted by atomic mass is 9.93. The maximum absolute atomic E-state index is 9.39. The first-order valence-corrected chi connectivity index (χ1v) is 6.15. The topological polar surface area (TPSA) is 29.5 Å². The Morgan fingerprint density at radius 1 is 1.31 bits per heavy atom. The molecule has 2 heteroatoms. The predicted molar refractivity (Wildman–Crippen MR) is 64.3 cm³/mol. The van der Waals surface area contributed by atoms with Gasteiger partial charge in [-0.2, -0.15) is 0 Å². The number of hydrogen-bond donors (Lipinski definition) is 1. The molecule has 1 aromatic rings. The van der Waals surface area contributed by atoms with E-state index in [1.165, 1.54) is 12.0 Å². The van der Waals surface area contributed by atoms with Crippen molar-refractivity contribution in [1.29, 1.82) is 0 Å². The first-order chi connectivity index (χ1) is 7.88. The van der Waals surface area contributed by atoms with E-state index >= 15 is 0 Å². The van der Waals surface area contributed by atoms with Crippen molar-refractivity contribution in [3.05, 3.63) is 35.9 Å². The van der Waals surface area contributed by atoms with E-state index < -0.39 is 0 Å². The van der Waals surface area contributed by atoms with Gasteiger partial charge in [-0.25, -0.2) is 0 Å². The van der Waals surface area contributed by atoms with E-state index in [9.17, 15) is 5.11 Å². The number of benzene rings is 1. The summed E-state index contributed by atoms with van der Waals surface area (Å²) in [7, 11) is 0. The summed E-state index contributed by atoms with van der Waals surface area (Å²) in [4.78, 5) is 0. The molecule has 0 radical (unpaired) electrons. The van der Waals surface area contributed by atoms with Gasteiger partial charge < -0.3 is 9.84 Å². The molecular formula is C14H20O2. The Morgan fingerprint density at radius 3 is 2.75 bits per heavy atom. The molecule has 1 aliphatic heterocycles. The lowest BCUT2D eigenvalue weighted by Crippen LogP contribution is -2.18. The van der Waals surface area contributed by atoms with Crippen LogP contribution in [-0.4, -0.2) is 24.4 Å². The zero-order chi connectivity index (χ0) is 11.2. The van der Waals surface area contributed by atoms with Gasteiger partial charge in [0.15, 0.2) is 0 Å². The number of aliphatic hydroxyl groups is 1. The van der Waals surface area contributed by atoms with E-state index in [-0.39, 0.29) is 6.61 Å². The monoisotopic (exact) mass is 220 g/mol. The zero-order valence-electron chi connectivity index (χ0n) is 9.64. The van der Waals surface area contributed by atoms with E-state index in [1.807, 2.05) is 6.07 Å². The molecule has 2 unspecified atom stereocenters. The van der Waals surface area contributed by atoms with Crippen molar-refractivity contribution in [2.24, 2.45) is 5.92 Å². The Labute approximate surface area is 97.3 Å². The lowest BCUT2D eigenvalue weighted by Gasteiger charge is -2.18. The summed E-state index contributed by atoms with van der Waals surface area (Å²) in [5.41, 5.74) is 1.31. The second-order valence-corrected chi connectivity index (χ2v) is 4.61. The van der Waals surface area contributed by atoms with Gasteiger partial charge >= 0.3 is 0 Å². The van der Waals surface area contributed by atoms with E-state index in [1.54, 1.807) is 0 Å². The smallest absolute Gasteiger partial charge is 0.0579 e. The molecule has 0 aliphatic carbocycles. The first-order valence-electron chi connectivity index (χ1n) is 6.15. The van der Waals surface area contributed by atoms with Gasteiger partial charge in [-0.15, -0.1) is 0 Å². The van der Waals surface area contributed by atoms with Crippen LogP contribution in [0.1, 0.15) is 24.8 Å². The minimum absolute atomic E-state index is 0.259. The van der Waals surface area contributed by atoms with Crippen LogP contribution >= 0.6 is 0 Å². The van der Waals surface area contributed by atoms with E-state index in [4.69, 9.17) is 4.74 Å². The third kappa shape index (κ3) is 3.32. The minimum atomic E-state index is 0.259. The second kappa shape index (κ2) is 6.02. The molecule has 2 nitrogen and oxygen atoms in total. The summed E-state index contributed by atoms with van der Waals surface area (Å²) < 4.78 is 5.61. The number of ether oxygens (including phenoxy) is 1. The molecule has 16 heavy (non-hydrogen) atoms. The molecule has 1 aliphatic rings. The van der Waals surface area contributed by atoms with Crippen LogP contribution in [0.3, 0.4) is 0 Å². The summed E-state index contributed by atoms with van der Waals surface area (Å²) in [5, 5.41) is 9.39. The summed E-state index contributed by atoms with van der Waals surface area (Å²) >= 11 is 0. The molecule has 1 aromatic carbocycles. The molecular weight excluding hydrogens is 200 g/mol. The molecule has 1 fully saturated rings. The van der Waals surface area contributed by atoms with Crippen LogP contribution in [0.15, 0.2) is 30.3 Å². The Bertz CT molecular complexity index is 291. The molecule has 0 aromatic heterocycles. The zero-order valence-corrected chi connectivity index (χ0v) is 9.64. The van der Waals surface area contributed by atoms with Crippen LogP contribution in [0.25, 0.3) is 0 Å². The Hall–Kier alpha value is -0.860. The van der Waals surface area contributed by atoms with Gasteiger partial charge in [0.25, 0.3) is 0 Å². The molecule has 2 atom stereocenters. The third-order valence-electron chi connectivity index (χ3n) is 3.25. The van der Waals surface area contributed by atoms with Gasteiger partial charge in [0.05, 0.1) is 6.10 Å².